The average molecular weight is 438 g/mol. The molecule has 0 aliphatic carbocycles. The van der Waals surface area contributed by atoms with Crippen molar-refractivity contribution >= 4 is 29.3 Å². The van der Waals surface area contributed by atoms with E-state index in [1.54, 1.807) is 37.6 Å². The van der Waals surface area contributed by atoms with E-state index in [1.807, 2.05) is 6.92 Å². The number of nitrogens with zero attached hydrogens (tertiary/aromatic N) is 5. The lowest BCUT2D eigenvalue weighted by Gasteiger charge is -2.38. The lowest BCUT2D eigenvalue weighted by Crippen LogP contribution is -2.61. The first kappa shape index (κ1) is 22.1. The summed E-state index contributed by atoms with van der Waals surface area (Å²) >= 11 is 5.90. The third-order valence-corrected chi connectivity index (χ3v) is 4.60. The van der Waals surface area contributed by atoms with Crippen molar-refractivity contribution in [3.8, 4) is 5.69 Å². The molecular weight excluding hydrogens is 414 g/mol. The number of aromatic nitrogens is 4. The lowest BCUT2D eigenvalue weighted by atomic mass is 9.96. The van der Waals surface area contributed by atoms with E-state index in [9.17, 15) is 14.7 Å². The van der Waals surface area contributed by atoms with Gasteiger partial charge >= 0.3 is 5.97 Å². The van der Waals surface area contributed by atoms with Crippen molar-refractivity contribution < 1.29 is 24.2 Å². The molecule has 1 N–H and O–H groups in total. The van der Waals surface area contributed by atoms with Crippen molar-refractivity contribution in [2.45, 2.75) is 51.9 Å². The zero-order valence-corrected chi connectivity index (χ0v) is 18.2. The molecule has 0 bridgehead atoms. The van der Waals surface area contributed by atoms with Crippen LogP contribution in [0.4, 0.5) is 5.82 Å². The van der Waals surface area contributed by atoms with Gasteiger partial charge in [0, 0.05) is 17.8 Å². The lowest BCUT2D eigenvalue weighted by molar-refractivity contribution is -0.194. The fourth-order valence-electron chi connectivity index (χ4n) is 3.00. The van der Waals surface area contributed by atoms with Crippen molar-refractivity contribution in [2.75, 3.05) is 18.1 Å². The van der Waals surface area contributed by atoms with E-state index in [4.69, 9.17) is 21.1 Å². The number of carbonyl (C=O) groups excluding carboxylic acids is 2. The normalized spacial score (nSPS) is 19.5. The Bertz CT molecular complexity index is 968. The Kier molecular flexibility index (Phi) is 5.85. The van der Waals surface area contributed by atoms with Crippen LogP contribution >= 0.6 is 11.6 Å². The number of halogens is 1. The van der Waals surface area contributed by atoms with E-state index < -0.39 is 29.2 Å². The molecule has 2 atom stereocenters. The molecule has 1 aliphatic rings. The van der Waals surface area contributed by atoms with Gasteiger partial charge in [0.1, 0.15) is 5.60 Å². The number of hydrogen-bond donors (Lipinski definition) is 1. The third-order valence-electron chi connectivity index (χ3n) is 4.42. The summed E-state index contributed by atoms with van der Waals surface area (Å²) in [5, 5.41) is 22.9. The van der Waals surface area contributed by atoms with Gasteiger partial charge in [-0.25, -0.2) is 9.48 Å². The van der Waals surface area contributed by atoms with Crippen molar-refractivity contribution in [3.05, 3.63) is 29.2 Å². The van der Waals surface area contributed by atoms with Gasteiger partial charge in [0.15, 0.2) is 22.7 Å². The number of anilines is 1. The highest BCUT2D eigenvalue weighted by Gasteiger charge is 2.50. The maximum absolute atomic E-state index is 13.1. The molecule has 1 amide bonds. The van der Waals surface area contributed by atoms with Crippen molar-refractivity contribution in [3.63, 3.8) is 0 Å². The predicted octanol–water partition coefficient (Wildman–Crippen LogP) is 1.45. The van der Waals surface area contributed by atoms with Crippen LogP contribution in [-0.4, -0.2) is 67.4 Å². The van der Waals surface area contributed by atoms with Gasteiger partial charge in [-0.05, 0) is 34.6 Å². The molecule has 10 nitrogen and oxygen atoms in total. The monoisotopic (exact) mass is 437 g/mol. The molecule has 162 valence electrons. The van der Waals surface area contributed by atoms with Crippen LogP contribution < -0.4 is 4.90 Å². The van der Waals surface area contributed by atoms with Gasteiger partial charge in [-0.2, -0.15) is 5.10 Å². The molecule has 2 aromatic heterocycles. The molecule has 0 radical (unpaired) electrons. The zero-order chi connectivity index (χ0) is 22.3. The van der Waals surface area contributed by atoms with Crippen LogP contribution in [0.25, 0.3) is 5.69 Å². The molecule has 1 aliphatic heterocycles. The molecule has 3 rings (SSSR count). The van der Waals surface area contributed by atoms with Crippen molar-refractivity contribution in [1.82, 2.24) is 20.0 Å². The number of hydrogen-bond acceptors (Lipinski definition) is 8. The summed E-state index contributed by atoms with van der Waals surface area (Å²) in [5.41, 5.74) is -1.68. The Morgan fingerprint density at radius 1 is 1.33 bits per heavy atom. The van der Waals surface area contributed by atoms with E-state index in [0.29, 0.717) is 11.5 Å². The summed E-state index contributed by atoms with van der Waals surface area (Å²) in [6.07, 6.45) is 0.0657. The van der Waals surface area contributed by atoms with Gasteiger partial charge in [0.2, 0.25) is 0 Å². The number of aliphatic hydroxyl groups is 1. The number of aryl methyl sites for hydroxylation is 1. The molecule has 1 fully saturated rings. The third kappa shape index (κ3) is 4.45. The van der Waals surface area contributed by atoms with E-state index >= 15 is 0 Å². The highest BCUT2D eigenvalue weighted by atomic mass is 35.5. The molecule has 1 saturated heterocycles. The second-order valence-corrected chi connectivity index (χ2v) is 8.57. The van der Waals surface area contributed by atoms with Gasteiger partial charge in [-0.15, -0.1) is 10.2 Å². The van der Waals surface area contributed by atoms with Crippen LogP contribution in [0.1, 0.15) is 33.4 Å². The van der Waals surface area contributed by atoms with Gasteiger partial charge in [0.05, 0.1) is 25.0 Å². The summed E-state index contributed by atoms with van der Waals surface area (Å²) in [5.74, 6) is -1.18. The molecular formula is C19H24ClN5O5. The summed E-state index contributed by atoms with van der Waals surface area (Å²) in [6, 6.07) is 3.30. The first-order chi connectivity index (χ1) is 13.9. The minimum atomic E-state index is -2.16. The van der Waals surface area contributed by atoms with Crippen LogP contribution in [0.15, 0.2) is 18.3 Å². The Morgan fingerprint density at radius 3 is 2.67 bits per heavy atom. The van der Waals surface area contributed by atoms with Crippen molar-refractivity contribution in [1.29, 1.82) is 0 Å². The van der Waals surface area contributed by atoms with E-state index in [1.165, 1.54) is 18.0 Å². The highest BCUT2D eigenvalue weighted by Crippen LogP contribution is 2.27. The van der Waals surface area contributed by atoms with E-state index in [-0.39, 0.29) is 18.3 Å². The molecule has 0 aromatic carbocycles. The SMILES string of the molecule is Cc1cc(N2CCO[C@H](C(C)(O)C(=O)OC(C)(C)C)C2=O)nn1-c1cnnc(Cl)c1. The number of carbonyl (C=O) groups is 2. The number of amides is 1. The number of ether oxygens (including phenoxy) is 2. The van der Waals surface area contributed by atoms with Crippen LogP contribution in [0.2, 0.25) is 5.15 Å². The number of morpholine rings is 1. The van der Waals surface area contributed by atoms with Gasteiger partial charge < -0.3 is 14.6 Å². The van der Waals surface area contributed by atoms with Crippen LogP contribution in [0.3, 0.4) is 0 Å². The second kappa shape index (κ2) is 7.93. The Hall–Kier alpha value is -2.56. The van der Waals surface area contributed by atoms with Gasteiger partial charge in [-0.1, -0.05) is 11.6 Å². The molecule has 0 saturated carbocycles. The summed E-state index contributed by atoms with van der Waals surface area (Å²) in [6.45, 7) is 8.37. The molecule has 2 aromatic rings. The standard InChI is InChI=1S/C19H24ClN5O5/c1-11-8-14(23-25(11)12-9-13(20)22-21-10-12)24-6-7-29-15(16(24)26)19(5,28)17(27)30-18(2,3)4/h8-10,15,28H,6-7H2,1-5H3/t15-,19?/m0/s1. The molecule has 30 heavy (non-hydrogen) atoms. The van der Waals surface area contributed by atoms with Crippen LogP contribution in [-0.2, 0) is 19.1 Å². The van der Waals surface area contributed by atoms with Crippen LogP contribution in [0, 0.1) is 6.92 Å². The first-order valence-corrected chi connectivity index (χ1v) is 9.72. The fourth-order valence-corrected chi connectivity index (χ4v) is 3.16. The van der Waals surface area contributed by atoms with Crippen molar-refractivity contribution in [2.24, 2.45) is 0 Å². The van der Waals surface area contributed by atoms with Gasteiger partial charge in [-0.3, -0.25) is 9.69 Å². The second-order valence-electron chi connectivity index (χ2n) is 8.18. The minimum Gasteiger partial charge on any atom is -0.458 e. The maximum atomic E-state index is 13.1. The number of rotatable bonds is 4. The first-order valence-electron chi connectivity index (χ1n) is 9.34. The largest absolute Gasteiger partial charge is 0.458 e. The van der Waals surface area contributed by atoms with Crippen LogP contribution in [0.5, 0.6) is 0 Å². The molecule has 11 heteroatoms. The quantitative estimate of drug-likeness (QED) is 0.713. The van der Waals surface area contributed by atoms with E-state index in [2.05, 4.69) is 15.3 Å². The molecule has 1 unspecified atom stereocenters. The predicted molar refractivity (Wildman–Crippen MR) is 107 cm³/mol. The maximum Gasteiger partial charge on any atom is 0.341 e. The average Bonchev–Trinajstić information content (AvgIpc) is 3.01. The highest BCUT2D eigenvalue weighted by molar-refractivity contribution is 6.29. The fraction of sp³-hybridized carbons (Fsp3) is 0.526. The summed E-state index contributed by atoms with van der Waals surface area (Å²) in [7, 11) is 0. The molecule has 3 heterocycles. The van der Waals surface area contributed by atoms with Gasteiger partial charge in [0.25, 0.3) is 5.91 Å². The number of esters is 1. The Balaban J connectivity index is 1.87. The zero-order valence-electron chi connectivity index (χ0n) is 17.4. The Labute approximate surface area is 178 Å². The van der Waals surface area contributed by atoms with E-state index in [0.717, 1.165) is 5.69 Å². The Morgan fingerprint density at radius 2 is 2.03 bits per heavy atom. The summed E-state index contributed by atoms with van der Waals surface area (Å²) in [4.78, 5) is 26.9. The minimum absolute atomic E-state index is 0.115. The topological polar surface area (TPSA) is 120 Å². The molecule has 0 spiro atoms. The summed E-state index contributed by atoms with van der Waals surface area (Å²) < 4.78 is 12.3. The smallest absolute Gasteiger partial charge is 0.341 e.